The summed E-state index contributed by atoms with van der Waals surface area (Å²) in [7, 11) is 0. The number of fused-ring (bicyclic) bond motifs is 1. The Balaban J connectivity index is 1.17. The van der Waals surface area contributed by atoms with Crippen LogP contribution in [0.1, 0.15) is 36.3 Å². The molecule has 5 fully saturated rings. The van der Waals surface area contributed by atoms with Crippen molar-refractivity contribution in [2.45, 2.75) is 36.1 Å². The molecule has 0 radical (unpaired) electrons. The van der Waals surface area contributed by atoms with Crippen LogP contribution < -0.4 is 0 Å². The van der Waals surface area contributed by atoms with Crippen molar-refractivity contribution in [1.29, 1.82) is 0 Å². The maximum absolute atomic E-state index is 13.5. The fourth-order valence-electron chi connectivity index (χ4n) is 6.05. The second-order valence-electron chi connectivity index (χ2n) is 8.61. The number of rotatable bonds is 3. The zero-order chi connectivity index (χ0) is 17.7. The van der Waals surface area contributed by atoms with E-state index in [2.05, 4.69) is 22.0 Å². The van der Waals surface area contributed by atoms with E-state index < -0.39 is 11.6 Å². The second kappa shape index (κ2) is 4.51. The van der Waals surface area contributed by atoms with Crippen LogP contribution in [0.2, 0.25) is 0 Å². The first-order valence-corrected chi connectivity index (χ1v) is 9.20. The Kier molecular flexibility index (Phi) is 2.57. The fraction of sp³-hybridized carbons (Fsp3) is 0.429. The van der Waals surface area contributed by atoms with Crippen LogP contribution >= 0.6 is 0 Å². The van der Waals surface area contributed by atoms with Crippen molar-refractivity contribution in [3.05, 3.63) is 65.5 Å². The fourth-order valence-corrected chi connectivity index (χ4v) is 6.05. The van der Waals surface area contributed by atoms with Crippen LogP contribution in [0.25, 0.3) is 0 Å². The van der Waals surface area contributed by atoms with Crippen LogP contribution in [-0.2, 0) is 10.2 Å². The van der Waals surface area contributed by atoms with Crippen LogP contribution in [0.3, 0.4) is 0 Å². The smallest absolute Gasteiger partial charge is 0.227 e. The van der Waals surface area contributed by atoms with E-state index >= 15 is 0 Å². The summed E-state index contributed by atoms with van der Waals surface area (Å²) < 4.78 is 26.7. The highest BCUT2D eigenvalue weighted by Crippen LogP contribution is 2.73. The van der Waals surface area contributed by atoms with Gasteiger partial charge in [-0.3, -0.25) is 9.78 Å². The van der Waals surface area contributed by atoms with E-state index in [1.807, 2.05) is 12.4 Å². The molecule has 1 aromatic heterocycles. The molecule has 5 heteroatoms. The lowest BCUT2D eigenvalue weighted by Gasteiger charge is -2.74. The number of hydrogen-bond acceptors (Lipinski definition) is 2. The Labute approximate surface area is 150 Å². The summed E-state index contributed by atoms with van der Waals surface area (Å²) >= 11 is 0. The zero-order valence-electron chi connectivity index (χ0n) is 14.2. The van der Waals surface area contributed by atoms with E-state index in [1.54, 1.807) is 6.07 Å². The Morgan fingerprint density at radius 2 is 1.73 bits per heavy atom. The van der Waals surface area contributed by atoms with Crippen molar-refractivity contribution in [2.24, 2.45) is 11.8 Å². The number of pyridine rings is 1. The van der Waals surface area contributed by atoms with Gasteiger partial charge in [0.05, 0.1) is 5.92 Å². The molecule has 26 heavy (non-hydrogen) atoms. The predicted molar refractivity (Wildman–Crippen MR) is 90.3 cm³/mol. The summed E-state index contributed by atoms with van der Waals surface area (Å²) in [5, 5.41) is 0. The van der Waals surface area contributed by atoms with Crippen molar-refractivity contribution < 1.29 is 13.6 Å². The molecule has 3 atom stereocenters. The minimum atomic E-state index is -0.831. The summed E-state index contributed by atoms with van der Waals surface area (Å²) in [6, 6.07) is 8.23. The molecule has 5 aliphatic rings. The molecule has 2 aromatic rings. The number of benzene rings is 1. The predicted octanol–water partition coefficient (Wildman–Crippen LogP) is 3.41. The average Bonchev–Trinajstić information content (AvgIpc) is 3.19. The third-order valence-electron chi connectivity index (χ3n) is 7.31. The Morgan fingerprint density at radius 1 is 1.00 bits per heavy atom. The van der Waals surface area contributed by atoms with Gasteiger partial charge in [0.1, 0.15) is 0 Å². The molecule has 0 spiro atoms. The van der Waals surface area contributed by atoms with Gasteiger partial charge in [-0.2, -0.15) is 0 Å². The number of likely N-dealkylation sites (tertiary alicyclic amines) is 1. The molecule has 3 nitrogen and oxygen atoms in total. The lowest BCUT2D eigenvalue weighted by atomic mass is 9.37. The SMILES string of the molecule is O=C1C2C(CN1[C@]13C[C@@](c4ccncc4)(C1)C3)C2c1ccc(F)c(F)c1. The lowest BCUT2D eigenvalue weighted by Crippen LogP contribution is -2.77. The number of carbonyl (C=O) groups is 1. The van der Waals surface area contributed by atoms with Gasteiger partial charge < -0.3 is 4.90 Å². The molecule has 2 bridgehead atoms. The number of nitrogens with zero attached hydrogens (tertiary/aromatic N) is 2. The maximum atomic E-state index is 13.5. The molecule has 7 rings (SSSR count). The summed E-state index contributed by atoms with van der Waals surface area (Å²) in [5.41, 5.74) is 2.39. The van der Waals surface area contributed by atoms with E-state index in [0.717, 1.165) is 31.4 Å². The summed E-state index contributed by atoms with van der Waals surface area (Å²) in [4.78, 5) is 19.1. The number of amides is 1. The number of carbonyl (C=O) groups excluding carboxylic acids is 1. The highest BCUT2D eigenvalue weighted by molar-refractivity contribution is 5.88. The van der Waals surface area contributed by atoms with Crippen molar-refractivity contribution in [3.8, 4) is 0 Å². The minimum absolute atomic E-state index is 0.0363. The Hall–Kier alpha value is -2.30. The molecule has 132 valence electrons. The van der Waals surface area contributed by atoms with Gasteiger partial charge in [-0.15, -0.1) is 0 Å². The monoisotopic (exact) mass is 352 g/mol. The summed E-state index contributed by atoms with van der Waals surface area (Å²) in [6.45, 7) is 0.763. The first kappa shape index (κ1) is 14.8. The number of aromatic nitrogens is 1. The van der Waals surface area contributed by atoms with Crippen molar-refractivity contribution in [1.82, 2.24) is 9.88 Å². The standard InChI is InChI=1S/C21H18F2N2O/c22-15-2-1-12(7-16(15)23)17-14-8-25(19(26)18(14)17)21-9-20(10-21,11-21)13-3-5-24-6-4-13/h1-7,14,17-18H,8-11H2/t14?,17?,18?,20-,21-. The number of halogens is 2. The molecule has 1 saturated heterocycles. The number of hydrogen-bond donors (Lipinski definition) is 0. The lowest BCUT2D eigenvalue weighted by molar-refractivity contribution is -0.181. The first-order chi connectivity index (χ1) is 12.5. The molecule has 0 N–H and O–H groups in total. The molecular formula is C21H18F2N2O. The maximum Gasteiger partial charge on any atom is 0.227 e. The van der Waals surface area contributed by atoms with Crippen molar-refractivity contribution in [2.75, 3.05) is 6.54 Å². The molecule has 4 aliphatic carbocycles. The molecular weight excluding hydrogens is 334 g/mol. The second-order valence-corrected chi connectivity index (χ2v) is 8.61. The molecule has 2 heterocycles. The summed E-state index contributed by atoms with van der Waals surface area (Å²) in [6.07, 6.45) is 6.82. The van der Waals surface area contributed by atoms with Crippen molar-refractivity contribution in [3.63, 3.8) is 0 Å². The average molecular weight is 352 g/mol. The largest absolute Gasteiger partial charge is 0.336 e. The number of piperidine rings is 1. The van der Waals surface area contributed by atoms with E-state index in [1.165, 1.54) is 17.7 Å². The molecule has 4 saturated carbocycles. The Bertz CT molecular complexity index is 925. The van der Waals surface area contributed by atoms with E-state index in [-0.39, 0.29) is 34.6 Å². The van der Waals surface area contributed by atoms with Gasteiger partial charge >= 0.3 is 0 Å². The van der Waals surface area contributed by atoms with E-state index in [0.29, 0.717) is 0 Å². The molecule has 1 aromatic carbocycles. The first-order valence-electron chi connectivity index (χ1n) is 9.20. The van der Waals surface area contributed by atoms with Gasteiger partial charge in [-0.25, -0.2) is 8.78 Å². The van der Waals surface area contributed by atoms with E-state index in [9.17, 15) is 13.6 Å². The van der Waals surface area contributed by atoms with Crippen LogP contribution in [0.4, 0.5) is 8.78 Å². The zero-order valence-corrected chi connectivity index (χ0v) is 14.2. The highest BCUT2D eigenvalue weighted by atomic mass is 19.2. The van der Waals surface area contributed by atoms with Crippen LogP contribution in [0.15, 0.2) is 42.7 Å². The topological polar surface area (TPSA) is 33.2 Å². The third-order valence-corrected chi connectivity index (χ3v) is 7.31. The third kappa shape index (κ3) is 1.67. The molecule has 1 aliphatic heterocycles. The van der Waals surface area contributed by atoms with Crippen LogP contribution in [0.5, 0.6) is 0 Å². The molecule has 3 unspecified atom stereocenters. The normalized spacial score (nSPS) is 39.2. The summed E-state index contributed by atoms with van der Waals surface area (Å²) in [5.74, 6) is -1.15. The minimum Gasteiger partial charge on any atom is -0.336 e. The van der Waals surface area contributed by atoms with Gasteiger partial charge in [0.2, 0.25) is 5.91 Å². The quantitative estimate of drug-likeness (QED) is 0.848. The van der Waals surface area contributed by atoms with Gasteiger partial charge in [0, 0.05) is 35.8 Å². The van der Waals surface area contributed by atoms with Gasteiger partial charge in [-0.05, 0) is 60.6 Å². The van der Waals surface area contributed by atoms with Gasteiger partial charge in [0.25, 0.3) is 0 Å². The highest BCUT2D eigenvalue weighted by Gasteiger charge is 2.75. The Morgan fingerprint density at radius 3 is 2.35 bits per heavy atom. The molecule has 1 amide bonds. The van der Waals surface area contributed by atoms with Crippen LogP contribution in [-0.4, -0.2) is 27.9 Å². The van der Waals surface area contributed by atoms with Gasteiger partial charge in [0.15, 0.2) is 11.6 Å². The van der Waals surface area contributed by atoms with E-state index in [4.69, 9.17) is 0 Å². The van der Waals surface area contributed by atoms with Crippen LogP contribution in [0, 0.1) is 23.5 Å². The van der Waals surface area contributed by atoms with Gasteiger partial charge in [-0.1, -0.05) is 6.07 Å². The van der Waals surface area contributed by atoms with Crippen molar-refractivity contribution >= 4 is 5.91 Å².